The van der Waals surface area contributed by atoms with Gasteiger partial charge in [0.2, 0.25) is 0 Å². The van der Waals surface area contributed by atoms with Crippen LogP contribution in [0.25, 0.3) is 0 Å². The maximum atomic E-state index is 11.6. The van der Waals surface area contributed by atoms with Gasteiger partial charge in [0.15, 0.2) is 19.7 Å². The third-order valence-corrected chi connectivity index (χ3v) is 6.27. The van der Waals surface area contributed by atoms with E-state index in [1.807, 2.05) is 0 Å². The second kappa shape index (κ2) is 9.53. The van der Waals surface area contributed by atoms with E-state index in [4.69, 9.17) is 0 Å². The molecular formula is C13H26O4S2. The van der Waals surface area contributed by atoms with Crippen LogP contribution in [0.2, 0.25) is 0 Å². The molecule has 6 heteroatoms. The molecule has 0 aromatic carbocycles. The minimum Gasteiger partial charge on any atom is -0.229 e. The molecule has 0 atom stereocenters. The number of rotatable bonds is 12. The predicted molar refractivity (Wildman–Crippen MR) is 80.6 cm³/mol. The van der Waals surface area contributed by atoms with Crippen LogP contribution in [0.3, 0.4) is 0 Å². The molecule has 0 saturated carbocycles. The second-order valence-electron chi connectivity index (χ2n) is 4.81. The van der Waals surface area contributed by atoms with Crippen LogP contribution in [0, 0.1) is 0 Å². The first-order valence-electron chi connectivity index (χ1n) is 6.88. The standard InChI is InChI=1S/C13H26O4S2/c1-3-5-6-7-8-9-10-11-19(16,17)13-12-18(14,15)4-2/h4H,2-3,5-13H2,1H3. The van der Waals surface area contributed by atoms with Gasteiger partial charge in [-0.05, 0) is 6.42 Å². The Kier molecular flexibility index (Phi) is 9.35. The fourth-order valence-corrected chi connectivity index (χ4v) is 4.67. The lowest BCUT2D eigenvalue weighted by atomic mass is 10.1. The first kappa shape index (κ1) is 18.6. The summed E-state index contributed by atoms with van der Waals surface area (Å²) < 4.78 is 45.5. The zero-order chi connectivity index (χ0) is 14.8. The van der Waals surface area contributed by atoms with E-state index in [1.54, 1.807) is 0 Å². The lowest BCUT2D eigenvalue weighted by Gasteiger charge is -2.04. The largest absolute Gasteiger partial charge is 0.229 e. The minimum absolute atomic E-state index is 0.0907. The van der Waals surface area contributed by atoms with Crippen LogP contribution in [0.1, 0.15) is 51.9 Å². The highest BCUT2D eigenvalue weighted by Gasteiger charge is 2.15. The van der Waals surface area contributed by atoms with Gasteiger partial charge in [0.25, 0.3) is 0 Å². The van der Waals surface area contributed by atoms with E-state index in [0.29, 0.717) is 6.42 Å². The van der Waals surface area contributed by atoms with Gasteiger partial charge < -0.3 is 0 Å². The van der Waals surface area contributed by atoms with Crippen molar-refractivity contribution in [2.24, 2.45) is 0 Å². The maximum Gasteiger partial charge on any atom is 0.172 e. The van der Waals surface area contributed by atoms with Gasteiger partial charge in [-0.15, -0.1) is 0 Å². The van der Waals surface area contributed by atoms with Crippen molar-refractivity contribution in [2.45, 2.75) is 51.9 Å². The normalized spacial score (nSPS) is 12.5. The highest BCUT2D eigenvalue weighted by molar-refractivity contribution is 7.96. The average Bonchev–Trinajstić information content (AvgIpc) is 2.36. The molecule has 0 unspecified atom stereocenters. The first-order chi connectivity index (χ1) is 8.83. The molecule has 19 heavy (non-hydrogen) atoms. The topological polar surface area (TPSA) is 68.3 Å². The van der Waals surface area contributed by atoms with Crippen molar-refractivity contribution >= 4 is 19.7 Å². The minimum atomic E-state index is -3.41. The highest BCUT2D eigenvalue weighted by atomic mass is 32.2. The molecule has 0 aromatic rings. The third-order valence-electron chi connectivity index (χ3n) is 2.99. The summed E-state index contributed by atoms with van der Waals surface area (Å²) in [5, 5.41) is 0.816. The lowest BCUT2D eigenvalue weighted by molar-refractivity contribution is 0.578. The van der Waals surface area contributed by atoms with Crippen molar-refractivity contribution in [2.75, 3.05) is 17.3 Å². The SMILES string of the molecule is C=CS(=O)(=O)CCS(=O)(=O)CCCCCCCCC. The predicted octanol–water partition coefficient (Wildman–Crippen LogP) is 2.71. The maximum absolute atomic E-state index is 11.6. The molecule has 0 saturated heterocycles. The molecular weight excluding hydrogens is 284 g/mol. The monoisotopic (exact) mass is 310 g/mol. The Morgan fingerprint density at radius 2 is 1.32 bits per heavy atom. The van der Waals surface area contributed by atoms with Crippen LogP contribution in [0.5, 0.6) is 0 Å². The summed E-state index contributed by atoms with van der Waals surface area (Å²) in [6.45, 7) is 5.32. The van der Waals surface area contributed by atoms with Crippen LogP contribution < -0.4 is 0 Å². The molecule has 0 aliphatic rings. The summed E-state index contributed by atoms with van der Waals surface area (Å²) in [6.07, 6.45) is 7.38. The molecule has 0 radical (unpaired) electrons. The van der Waals surface area contributed by atoms with Gasteiger partial charge in [-0.25, -0.2) is 16.8 Å². The smallest absolute Gasteiger partial charge is 0.172 e. The van der Waals surface area contributed by atoms with Crippen molar-refractivity contribution in [1.82, 2.24) is 0 Å². The van der Waals surface area contributed by atoms with E-state index in [-0.39, 0.29) is 17.3 Å². The van der Waals surface area contributed by atoms with E-state index in [1.165, 1.54) is 19.3 Å². The number of hydrogen-bond donors (Lipinski definition) is 0. The van der Waals surface area contributed by atoms with Crippen molar-refractivity contribution in [3.8, 4) is 0 Å². The van der Waals surface area contributed by atoms with E-state index >= 15 is 0 Å². The lowest BCUT2D eigenvalue weighted by Crippen LogP contribution is -2.18. The molecule has 0 aliphatic heterocycles. The summed E-state index contributed by atoms with van der Waals surface area (Å²) in [6, 6.07) is 0. The van der Waals surface area contributed by atoms with Crippen molar-refractivity contribution in [3.63, 3.8) is 0 Å². The first-order valence-corrected chi connectivity index (χ1v) is 10.4. The fraction of sp³-hybridized carbons (Fsp3) is 0.846. The van der Waals surface area contributed by atoms with E-state index in [2.05, 4.69) is 13.5 Å². The van der Waals surface area contributed by atoms with Crippen LogP contribution >= 0.6 is 0 Å². The molecule has 0 N–H and O–H groups in total. The highest BCUT2D eigenvalue weighted by Crippen LogP contribution is 2.08. The Labute approximate surface area is 118 Å². The quantitative estimate of drug-likeness (QED) is 0.520. The summed E-state index contributed by atoms with van der Waals surface area (Å²) in [5.74, 6) is -0.556. The molecule has 0 fully saturated rings. The van der Waals surface area contributed by atoms with Gasteiger partial charge in [0, 0.05) is 5.41 Å². The van der Waals surface area contributed by atoms with Gasteiger partial charge in [-0.3, -0.25) is 0 Å². The van der Waals surface area contributed by atoms with E-state index in [9.17, 15) is 16.8 Å². The van der Waals surface area contributed by atoms with Crippen molar-refractivity contribution in [1.29, 1.82) is 0 Å². The molecule has 0 aromatic heterocycles. The Balaban J connectivity index is 3.77. The average molecular weight is 310 g/mol. The summed E-state index contributed by atoms with van der Waals surface area (Å²) in [4.78, 5) is 0. The Morgan fingerprint density at radius 3 is 1.84 bits per heavy atom. The van der Waals surface area contributed by atoms with E-state index < -0.39 is 19.7 Å². The molecule has 114 valence electrons. The zero-order valence-corrected chi connectivity index (χ0v) is 13.4. The van der Waals surface area contributed by atoms with Gasteiger partial charge in [-0.1, -0.05) is 52.0 Å². The van der Waals surface area contributed by atoms with Gasteiger partial charge in [0.05, 0.1) is 17.3 Å². The fourth-order valence-electron chi connectivity index (χ4n) is 1.71. The van der Waals surface area contributed by atoms with Gasteiger partial charge >= 0.3 is 0 Å². The molecule has 4 nitrogen and oxygen atoms in total. The molecule has 0 heterocycles. The Morgan fingerprint density at radius 1 is 0.789 bits per heavy atom. The summed E-state index contributed by atoms with van der Waals surface area (Å²) in [5.41, 5.74) is 0. The van der Waals surface area contributed by atoms with E-state index in [0.717, 1.165) is 24.7 Å². The molecule has 0 amide bonds. The van der Waals surface area contributed by atoms with Crippen LogP contribution in [0.15, 0.2) is 12.0 Å². The molecule has 0 aliphatic carbocycles. The van der Waals surface area contributed by atoms with Crippen LogP contribution in [-0.4, -0.2) is 34.1 Å². The second-order valence-corrected chi connectivity index (χ2v) is 9.18. The van der Waals surface area contributed by atoms with Crippen LogP contribution in [-0.2, 0) is 19.7 Å². The van der Waals surface area contributed by atoms with Crippen molar-refractivity contribution < 1.29 is 16.8 Å². The van der Waals surface area contributed by atoms with Crippen molar-refractivity contribution in [3.05, 3.63) is 12.0 Å². The summed E-state index contributed by atoms with van der Waals surface area (Å²) >= 11 is 0. The third kappa shape index (κ3) is 11.2. The molecule has 0 rings (SSSR count). The van der Waals surface area contributed by atoms with Gasteiger partial charge in [0.1, 0.15) is 0 Å². The van der Waals surface area contributed by atoms with Crippen LogP contribution in [0.4, 0.5) is 0 Å². The number of hydrogen-bond acceptors (Lipinski definition) is 4. The van der Waals surface area contributed by atoms with Gasteiger partial charge in [-0.2, -0.15) is 0 Å². The summed E-state index contributed by atoms with van der Waals surface area (Å²) in [7, 11) is -6.66. The Bertz CT molecular complexity index is 435. The molecule has 0 bridgehead atoms. The zero-order valence-electron chi connectivity index (χ0n) is 11.8. The molecule has 0 spiro atoms. The number of unbranched alkanes of at least 4 members (excludes halogenated alkanes) is 6. The number of sulfone groups is 2. The Hall–Kier alpha value is -0.360.